The number of rotatable bonds is 6. The molecule has 134 valence electrons. The molecule has 0 saturated heterocycles. The van der Waals surface area contributed by atoms with E-state index in [1.807, 2.05) is 7.05 Å². The van der Waals surface area contributed by atoms with Gasteiger partial charge in [-0.3, -0.25) is 4.79 Å². The van der Waals surface area contributed by atoms with Crippen molar-refractivity contribution < 1.29 is 18.0 Å². The van der Waals surface area contributed by atoms with Gasteiger partial charge in [-0.2, -0.15) is 13.2 Å². The maximum Gasteiger partial charge on any atom is 0.416 e. The summed E-state index contributed by atoms with van der Waals surface area (Å²) in [6, 6.07) is 5.28. The number of hydrogen-bond donors (Lipinski definition) is 2. The first kappa shape index (κ1) is 18.8. The average Bonchev–Trinajstić information content (AvgIpc) is 2.58. The molecule has 24 heavy (non-hydrogen) atoms. The van der Waals surface area contributed by atoms with Crippen LogP contribution in [0.1, 0.15) is 49.7 Å². The van der Waals surface area contributed by atoms with Crippen LogP contribution in [0.3, 0.4) is 0 Å². The van der Waals surface area contributed by atoms with Crippen LogP contribution < -0.4 is 10.6 Å². The van der Waals surface area contributed by atoms with Crippen molar-refractivity contribution in [1.29, 1.82) is 0 Å². The summed E-state index contributed by atoms with van der Waals surface area (Å²) < 4.78 is 39.1. The summed E-state index contributed by atoms with van der Waals surface area (Å²) in [5.41, 5.74) is -1.03. The first-order valence-electron chi connectivity index (χ1n) is 8.51. The van der Waals surface area contributed by atoms with Crippen molar-refractivity contribution in [3.05, 3.63) is 35.4 Å². The zero-order chi connectivity index (χ0) is 17.6. The zero-order valence-electron chi connectivity index (χ0n) is 14.0. The van der Waals surface area contributed by atoms with Crippen LogP contribution in [0.15, 0.2) is 24.3 Å². The Bertz CT molecular complexity index is 551. The molecule has 2 rings (SSSR count). The molecular weight excluding hydrogens is 317 g/mol. The average molecular weight is 342 g/mol. The van der Waals surface area contributed by atoms with E-state index in [-0.39, 0.29) is 5.91 Å². The summed E-state index contributed by atoms with van der Waals surface area (Å²) in [4.78, 5) is 12.8. The van der Waals surface area contributed by atoms with Gasteiger partial charge in [-0.25, -0.2) is 0 Å². The molecule has 1 amide bonds. The third kappa shape index (κ3) is 4.29. The van der Waals surface area contributed by atoms with Crippen LogP contribution >= 0.6 is 0 Å². The summed E-state index contributed by atoms with van der Waals surface area (Å²) >= 11 is 0. The Labute approximate surface area is 141 Å². The molecule has 0 heterocycles. The van der Waals surface area contributed by atoms with E-state index in [1.165, 1.54) is 6.07 Å². The Kier molecular flexibility index (Phi) is 6.27. The van der Waals surface area contributed by atoms with E-state index in [9.17, 15) is 18.0 Å². The second-order valence-electron chi connectivity index (χ2n) is 6.43. The number of carbonyl (C=O) groups is 1. The minimum atomic E-state index is -4.39. The number of hydrogen-bond acceptors (Lipinski definition) is 2. The van der Waals surface area contributed by atoms with E-state index in [4.69, 9.17) is 0 Å². The highest BCUT2D eigenvalue weighted by atomic mass is 19.4. The molecule has 0 atom stereocenters. The summed E-state index contributed by atoms with van der Waals surface area (Å²) in [5.74, 6) is -0.141. The summed E-state index contributed by atoms with van der Waals surface area (Å²) in [5, 5.41) is 5.93. The molecule has 0 aliphatic heterocycles. The quantitative estimate of drug-likeness (QED) is 0.775. The number of nitrogens with one attached hydrogen (secondary N) is 2. The molecule has 0 spiro atoms. The van der Waals surface area contributed by atoms with Gasteiger partial charge in [0.25, 0.3) is 0 Å². The zero-order valence-corrected chi connectivity index (χ0v) is 14.0. The van der Waals surface area contributed by atoms with Gasteiger partial charge in [0.2, 0.25) is 5.91 Å². The Balaban J connectivity index is 2.26. The van der Waals surface area contributed by atoms with Crippen molar-refractivity contribution in [3.63, 3.8) is 0 Å². The maximum absolute atomic E-state index is 13.0. The second-order valence-corrected chi connectivity index (χ2v) is 6.43. The number of benzene rings is 1. The highest BCUT2D eigenvalue weighted by molar-refractivity contribution is 5.88. The van der Waals surface area contributed by atoms with Gasteiger partial charge in [-0.15, -0.1) is 0 Å². The van der Waals surface area contributed by atoms with Crippen LogP contribution in [-0.4, -0.2) is 26.0 Å². The minimum absolute atomic E-state index is 0.141. The van der Waals surface area contributed by atoms with Crippen LogP contribution in [0.4, 0.5) is 13.2 Å². The normalized spacial score (nSPS) is 17.5. The van der Waals surface area contributed by atoms with Crippen LogP contribution in [0.5, 0.6) is 0 Å². The van der Waals surface area contributed by atoms with Crippen LogP contribution in [0.2, 0.25) is 0 Å². The fourth-order valence-corrected chi connectivity index (χ4v) is 3.43. The second kappa shape index (κ2) is 8.01. The first-order chi connectivity index (χ1) is 11.4. The van der Waals surface area contributed by atoms with Crippen molar-refractivity contribution in [3.8, 4) is 0 Å². The van der Waals surface area contributed by atoms with Gasteiger partial charge in [0.15, 0.2) is 0 Å². The maximum atomic E-state index is 13.0. The molecule has 0 aromatic heterocycles. The highest BCUT2D eigenvalue weighted by Gasteiger charge is 2.42. The Morgan fingerprint density at radius 2 is 1.88 bits per heavy atom. The fourth-order valence-electron chi connectivity index (χ4n) is 3.43. The van der Waals surface area contributed by atoms with E-state index >= 15 is 0 Å². The SMILES string of the molecule is CNCCCNC(=O)C1(c2cccc(C(F)(F)F)c2)CCCCC1. The van der Waals surface area contributed by atoms with Gasteiger partial charge in [-0.05, 0) is 44.5 Å². The van der Waals surface area contributed by atoms with Crippen molar-refractivity contribution in [1.82, 2.24) is 10.6 Å². The smallest absolute Gasteiger partial charge is 0.355 e. The molecule has 1 aliphatic carbocycles. The lowest BCUT2D eigenvalue weighted by Gasteiger charge is -2.36. The minimum Gasteiger partial charge on any atom is -0.355 e. The molecule has 3 nitrogen and oxygen atoms in total. The van der Waals surface area contributed by atoms with E-state index in [0.29, 0.717) is 24.9 Å². The van der Waals surface area contributed by atoms with Crippen molar-refractivity contribution in [2.45, 2.75) is 50.1 Å². The van der Waals surface area contributed by atoms with Gasteiger partial charge < -0.3 is 10.6 Å². The predicted molar refractivity (Wildman–Crippen MR) is 87.8 cm³/mol. The molecule has 0 radical (unpaired) electrons. The number of carbonyl (C=O) groups excluding carboxylic acids is 1. The van der Waals surface area contributed by atoms with E-state index in [2.05, 4.69) is 10.6 Å². The fraction of sp³-hybridized carbons (Fsp3) is 0.611. The van der Waals surface area contributed by atoms with Crippen LogP contribution in [0.25, 0.3) is 0 Å². The standard InChI is InChI=1S/C18H25F3N2O/c1-22-11-6-12-23-16(24)17(9-3-2-4-10-17)14-7-5-8-15(13-14)18(19,20)21/h5,7-8,13,22H,2-4,6,9-12H2,1H3,(H,23,24). The van der Waals surface area contributed by atoms with Crippen molar-refractivity contribution in [2.24, 2.45) is 0 Å². The largest absolute Gasteiger partial charge is 0.416 e. The van der Waals surface area contributed by atoms with Crippen LogP contribution in [-0.2, 0) is 16.4 Å². The number of halogens is 3. The lowest BCUT2D eigenvalue weighted by atomic mass is 9.68. The lowest BCUT2D eigenvalue weighted by molar-refractivity contribution is -0.138. The number of alkyl halides is 3. The molecule has 1 aliphatic rings. The van der Waals surface area contributed by atoms with Gasteiger partial charge in [0.1, 0.15) is 0 Å². The summed E-state index contributed by atoms with van der Waals surface area (Å²) in [6.07, 6.45) is 0.350. The third-order valence-electron chi connectivity index (χ3n) is 4.77. The van der Waals surface area contributed by atoms with Crippen LogP contribution in [0, 0.1) is 0 Å². The van der Waals surface area contributed by atoms with Gasteiger partial charge in [0.05, 0.1) is 11.0 Å². The summed E-state index contributed by atoms with van der Waals surface area (Å²) in [7, 11) is 1.84. The Hall–Kier alpha value is -1.56. The van der Waals surface area contributed by atoms with Gasteiger partial charge in [-0.1, -0.05) is 37.5 Å². The van der Waals surface area contributed by atoms with E-state index in [0.717, 1.165) is 44.4 Å². The third-order valence-corrected chi connectivity index (χ3v) is 4.77. The topological polar surface area (TPSA) is 41.1 Å². The van der Waals surface area contributed by atoms with E-state index in [1.54, 1.807) is 6.07 Å². The lowest BCUT2D eigenvalue weighted by Crippen LogP contribution is -2.46. The Morgan fingerprint density at radius 3 is 2.50 bits per heavy atom. The van der Waals surface area contributed by atoms with E-state index < -0.39 is 17.2 Å². The molecule has 1 aromatic rings. The number of amides is 1. The molecule has 1 saturated carbocycles. The van der Waals surface area contributed by atoms with Gasteiger partial charge >= 0.3 is 6.18 Å². The predicted octanol–water partition coefficient (Wildman–Crippen LogP) is 3.63. The molecule has 0 bridgehead atoms. The highest BCUT2D eigenvalue weighted by Crippen LogP contribution is 2.41. The molecule has 6 heteroatoms. The van der Waals surface area contributed by atoms with Crippen molar-refractivity contribution >= 4 is 5.91 Å². The molecule has 1 fully saturated rings. The van der Waals surface area contributed by atoms with Crippen molar-refractivity contribution in [2.75, 3.05) is 20.1 Å². The van der Waals surface area contributed by atoms with Gasteiger partial charge in [0, 0.05) is 6.54 Å². The summed E-state index contributed by atoms with van der Waals surface area (Å²) in [6.45, 7) is 1.32. The molecular formula is C18H25F3N2O. The first-order valence-corrected chi connectivity index (χ1v) is 8.51. The molecule has 0 unspecified atom stereocenters. The monoisotopic (exact) mass is 342 g/mol. The molecule has 2 N–H and O–H groups in total. The Morgan fingerprint density at radius 1 is 1.17 bits per heavy atom. The molecule has 1 aromatic carbocycles.